The summed E-state index contributed by atoms with van der Waals surface area (Å²) < 4.78 is 39.9. The molecule has 0 saturated heterocycles. The minimum atomic E-state index is -4.44. The number of rotatable bonds is 3. The Hall–Kier alpha value is -2.84. The van der Waals surface area contributed by atoms with E-state index in [1.165, 1.54) is 27.9 Å². The summed E-state index contributed by atoms with van der Waals surface area (Å²) in [5.41, 5.74) is -0.0714. The molecule has 1 aliphatic carbocycles. The Morgan fingerprint density at radius 3 is 2.46 bits per heavy atom. The molecule has 4 rings (SSSR count). The lowest BCUT2D eigenvalue weighted by Crippen LogP contribution is -2.45. The minimum absolute atomic E-state index is 0.116. The summed E-state index contributed by atoms with van der Waals surface area (Å²) in [6.07, 6.45) is -0.166. The largest absolute Gasteiger partial charge is 0.416 e. The van der Waals surface area contributed by atoms with Crippen molar-refractivity contribution in [3.8, 4) is 0 Å². The highest BCUT2D eigenvalue weighted by Gasteiger charge is 2.36. The first-order chi connectivity index (χ1) is 13.3. The highest BCUT2D eigenvalue weighted by molar-refractivity contribution is 6.12. The van der Waals surface area contributed by atoms with Crippen LogP contribution in [0.1, 0.15) is 58.6 Å². The molecule has 0 bridgehead atoms. The average Bonchev–Trinajstić information content (AvgIpc) is 3.06. The van der Waals surface area contributed by atoms with Crippen LogP contribution in [0.3, 0.4) is 0 Å². The molecule has 1 aromatic heterocycles. The van der Waals surface area contributed by atoms with Gasteiger partial charge in [0.15, 0.2) is 0 Å². The standard InChI is InChI=1S/C19H19F3N4O2/c1-11-10-25(14-7-5-12(6-8-14)19(20,21)22)18(28)16-15(9-23-26(11)16)17(27)24-13-3-2-4-13/h5-9,11,13H,2-4,10H2,1H3,(H,24,27). The van der Waals surface area contributed by atoms with Crippen molar-refractivity contribution in [1.82, 2.24) is 15.1 Å². The molecular formula is C19H19F3N4O2. The second-order valence-corrected chi connectivity index (χ2v) is 7.26. The molecule has 1 aromatic carbocycles. The molecule has 2 aromatic rings. The van der Waals surface area contributed by atoms with Gasteiger partial charge < -0.3 is 10.2 Å². The molecule has 2 amide bonds. The maximum atomic E-state index is 13.1. The molecule has 28 heavy (non-hydrogen) atoms. The highest BCUT2D eigenvalue weighted by atomic mass is 19.4. The number of hydrogen-bond acceptors (Lipinski definition) is 3. The van der Waals surface area contributed by atoms with Crippen molar-refractivity contribution in [2.45, 2.75) is 44.4 Å². The Morgan fingerprint density at radius 1 is 1.21 bits per heavy atom. The maximum Gasteiger partial charge on any atom is 0.416 e. The summed E-state index contributed by atoms with van der Waals surface area (Å²) in [6.45, 7) is 2.09. The first-order valence-electron chi connectivity index (χ1n) is 9.13. The lowest BCUT2D eigenvalue weighted by atomic mass is 9.93. The second-order valence-electron chi connectivity index (χ2n) is 7.26. The number of benzene rings is 1. The number of carbonyl (C=O) groups is 2. The molecule has 0 radical (unpaired) electrons. The van der Waals surface area contributed by atoms with E-state index in [4.69, 9.17) is 0 Å². The van der Waals surface area contributed by atoms with E-state index in [-0.39, 0.29) is 35.8 Å². The molecular weight excluding hydrogens is 373 g/mol. The fourth-order valence-electron chi connectivity index (χ4n) is 3.50. The maximum absolute atomic E-state index is 13.1. The van der Waals surface area contributed by atoms with Crippen molar-refractivity contribution >= 4 is 17.5 Å². The van der Waals surface area contributed by atoms with Gasteiger partial charge in [-0.05, 0) is 50.5 Å². The van der Waals surface area contributed by atoms with Gasteiger partial charge in [0.05, 0.1) is 23.4 Å². The fourth-order valence-corrected chi connectivity index (χ4v) is 3.50. The average molecular weight is 392 g/mol. The number of halogens is 3. The van der Waals surface area contributed by atoms with Crippen LogP contribution in [0.25, 0.3) is 0 Å². The third kappa shape index (κ3) is 3.14. The van der Waals surface area contributed by atoms with Gasteiger partial charge in [-0.2, -0.15) is 18.3 Å². The van der Waals surface area contributed by atoms with Gasteiger partial charge in [-0.15, -0.1) is 0 Å². The summed E-state index contributed by atoms with van der Waals surface area (Å²) in [4.78, 5) is 27.0. The third-order valence-electron chi connectivity index (χ3n) is 5.30. The number of alkyl halides is 3. The van der Waals surface area contributed by atoms with E-state index in [2.05, 4.69) is 10.4 Å². The topological polar surface area (TPSA) is 67.2 Å². The van der Waals surface area contributed by atoms with Crippen molar-refractivity contribution < 1.29 is 22.8 Å². The predicted molar refractivity (Wildman–Crippen MR) is 95.2 cm³/mol. The smallest absolute Gasteiger partial charge is 0.349 e. The number of fused-ring (bicyclic) bond motifs is 1. The Labute approximate surface area is 159 Å². The molecule has 2 aliphatic rings. The van der Waals surface area contributed by atoms with E-state index >= 15 is 0 Å². The van der Waals surface area contributed by atoms with Crippen LogP contribution in [0.2, 0.25) is 0 Å². The van der Waals surface area contributed by atoms with E-state index in [1.807, 2.05) is 6.92 Å². The first-order valence-corrected chi connectivity index (χ1v) is 9.13. The van der Waals surface area contributed by atoms with Crippen molar-refractivity contribution in [2.24, 2.45) is 0 Å². The van der Waals surface area contributed by atoms with Gasteiger partial charge >= 0.3 is 6.18 Å². The molecule has 1 fully saturated rings. The highest BCUT2D eigenvalue weighted by Crippen LogP contribution is 2.33. The van der Waals surface area contributed by atoms with Crippen LogP contribution in [0, 0.1) is 0 Å². The number of aromatic nitrogens is 2. The Bertz CT molecular complexity index is 916. The lowest BCUT2D eigenvalue weighted by molar-refractivity contribution is -0.137. The van der Waals surface area contributed by atoms with Gasteiger partial charge in [0.25, 0.3) is 11.8 Å². The van der Waals surface area contributed by atoms with Crippen molar-refractivity contribution in [3.05, 3.63) is 47.3 Å². The zero-order valence-corrected chi connectivity index (χ0v) is 15.2. The van der Waals surface area contributed by atoms with E-state index in [0.717, 1.165) is 31.4 Å². The van der Waals surface area contributed by atoms with E-state index in [0.29, 0.717) is 5.69 Å². The third-order valence-corrected chi connectivity index (χ3v) is 5.30. The summed E-state index contributed by atoms with van der Waals surface area (Å²) in [7, 11) is 0. The van der Waals surface area contributed by atoms with Crippen molar-refractivity contribution in [3.63, 3.8) is 0 Å². The molecule has 0 spiro atoms. The SMILES string of the molecule is CC1CN(c2ccc(C(F)(F)F)cc2)C(=O)c2c(C(=O)NC3CCC3)cnn21. The van der Waals surface area contributed by atoms with Gasteiger partial charge in [0.1, 0.15) is 5.69 Å². The van der Waals surface area contributed by atoms with Gasteiger partial charge in [-0.3, -0.25) is 14.3 Å². The van der Waals surface area contributed by atoms with Crippen LogP contribution in [-0.2, 0) is 6.18 Å². The molecule has 148 valence electrons. The number of nitrogens with zero attached hydrogens (tertiary/aromatic N) is 3. The van der Waals surface area contributed by atoms with E-state index < -0.39 is 17.6 Å². The van der Waals surface area contributed by atoms with E-state index in [1.54, 1.807) is 0 Å². The quantitative estimate of drug-likeness (QED) is 0.871. The van der Waals surface area contributed by atoms with Crippen LogP contribution >= 0.6 is 0 Å². The predicted octanol–water partition coefficient (Wildman–Crippen LogP) is 3.41. The molecule has 6 nitrogen and oxygen atoms in total. The zero-order valence-electron chi connectivity index (χ0n) is 15.2. The monoisotopic (exact) mass is 392 g/mol. The van der Waals surface area contributed by atoms with Crippen LogP contribution < -0.4 is 10.2 Å². The van der Waals surface area contributed by atoms with Gasteiger partial charge in [0, 0.05) is 18.3 Å². The first kappa shape index (κ1) is 18.5. The molecule has 1 unspecified atom stereocenters. The molecule has 2 heterocycles. The number of amides is 2. The summed E-state index contributed by atoms with van der Waals surface area (Å²) in [6, 6.07) is 4.33. The van der Waals surface area contributed by atoms with Gasteiger partial charge in [-0.1, -0.05) is 0 Å². The van der Waals surface area contributed by atoms with Crippen LogP contribution in [0.15, 0.2) is 30.5 Å². The minimum Gasteiger partial charge on any atom is -0.349 e. The zero-order chi connectivity index (χ0) is 20.1. The molecule has 1 saturated carbocycles. The van der Waals surface area contributed by atoms with Crippen LogP contribution in [0.5, 0.6) is 0 Å². The fraction of sp³-hybridized carbons (Fsp3) is 0.421. The number of carbonyl (C=O) groups excluding carboxylic acids is 2. The summed E-state index contributed by atoms with van der Waals surface area (Å²) in [5.74, 6) is -0.796. The molecule has 9 heteroatoms. The number of nitrogens with one attached hydrogen (secondary N) is 1. The Morgan fingerprint density at radius 2 is 1.89 bits per heavy atom. The van der Waals surface area contributed by atoms with E-state index in [9.17, 15) is 22.8 Å². The van der Waals surface area contributed by atoms with Crippen LogP contribution in [-0.4, -0.2) is 34.2 Å². The summed E-state index contributed by atoms with van der Waals surface area (Å²) >= 11 is 0. The van der Waals surface area contributed by atoms with Crippen LogP contribution in [0.4, 0.5) is 18.9 Å². The van der Waals surface area contributed by atoms with Gasteiger partial charge in [-0.25, -0.2) is 0 Å². The molecule has 1 atom stereocenters. The number of anilines is 1. The summed E-state index contributed by atoms with van der Waals surface area (Å²) in [5, 5.41) is 7.09. The molecule has 1 N–H and O–H groups in total. The van der Waals surface area contributed by atoms with Crippen molar-refractivity contribution in [1.29, 1.82) is 0 Å². The second kappa shape index (κ2) is 6.65. The Balaban J connectivity index is 1.63. The normalized spacial score (nSPS) is 19.9. The lowest BCUT2D eigenvalue weighted by Gasteiger charge is -2.32. The van der Waals surface area contributed by atoms with Crippen molar-refractivity contribution in [2.75, 3.05) is 11.4 Å². The Kier molecular flexibility index (Phi) is 4.40. The van der Waals surface area contributed by atoms with Gasteiger partial charge in [0.2, 0.25) is 0 Å². The number of hydrogen-bond donors (Lipinski definition) is 1. The molecule has 1 aliphatic heterocycles.